The lowest BCUT2D eigenvalue weighted by Crippen LogP contribution is -2.51. The van der Waals surface area contributed by atoms with Crippen molar-refractivity contribution in [1.29, 1.82) is 0 Å². The summed E-state index contributed by atoms with van der Waals surface area (Å²) >= 11 is 0. The first-order chi connectivity index (χ1) is 9.23. The van der Waals surface area contributed by atoms with Crippen molar-refractivity contribution in [3.63, 3.8) is 0 Å². The zero-order valence-corrected chi connectivity index (χ0v) is 12.6. The normalized spacial score (nSPS) is 19.8. The van der Waals surface area contributed by atoms with E-state index in [4.69, 9.17) is 5.11 Å². The van der Waals surface area contributed by atoms with Crippen LogP contribution in [0.25, 0.3) is 0 Å². The third-order valence-electron chi connectivity index (χ3n) is 3.48. The molecule has 0 aliphatic carbocycles. The molecule has 1 heterocycles. The van der Waals surface area contributed by atoms with Crippen molar-refractivity contribution in [2.75, 3.05) is 26.2 Å². The molecule has 0 aromatic carbocycles. The molecule has 1 unspecified atom stereocenters. The van der Waals surface area contributed by atoms with Gasteiger partial charge < -0.3 is 20.0 Å². The first kappa shape index (κ1) is 16.8. The number of aliphatic hydroxyl groups is 1. The summed E-state index contributed by atoms with van der Waals surface area (Å²) in [6.07, 6.45) is 1.80. The van der Waals surface area contributed by atoms with Crippen molar-refractivity contribution in [1.82, 2.24) is 9.80 Å². The molecule has 1 atom stereocenters. The minimum Gasteiger partial charge on any atom is -0.481 e. The number of amides is 2. The Bertz CT molecular complexity index is 352. The maximum absolute atomic E-state index is 12.4. The summed E-state index contributed by atoms with van der Waals surface area (Å²) in [6.45, 7) is 7.19. The van der Waals surface area contributed by atoms with E-state index in [1.165, 1.54) is 0 Å². The lowest BCUT2D eigenvalue weighted by Gasteiger charge is -2.37. The number of rotatable bonds is 5. The van der Waals surface area contributed by atoms with E-state index < -0.39 is 11.6 Å². The van der Waals surface area contributed by atoms with E-state index in [9.17, 15) is 14.7 Å². The number of carbonyl (C=O) groups is 2. The van der Waals surface area contributed by atoms with Crippen LogP contribution < -0.4 is 0 Å². The quantitative estimate of drug-likeness (QED) is 0.800. The molecule has 0 bridgehead atoms. The van der Waals surface area contributed by atoms with Crippen molar-refractivity contribution in [3.05, 3.63) is 0 Å². The molecule has 1 saturated heterocycles. The molecule has 0 saturated carbocycles. The predicted molar refractivity (Wildman–Crippen MR) is 75.5 cm³/mol. The molecule has 1 rings (SSSR count). The summed E-state index contributed by atoms with van der Waals surface area (Å²) in [5.74, 6) is -0.779. The molecular formula is C14H26N2O4. The fraction of sp³-hybridized carbons (Fsp3) is 0.857. The summed E-state index contributed by atoms with van der Waals surface area (Å²) in [5, 5.41) is 18.7. The molecule has 20 heavy (non-hydrogen) atoms. The Kier molecular flexibility index (Phi) is 5.80. The zero-order valence-electron chi connectivity index (χ0n) is 12.6. The maximum atomic E-state index is 12.4. The third-order valence-corrected chi connectivity index (χ3v) is 3.48. The second kappa shape index (κ2) is 6.92. The van der Waals surface area contributed by atoms with Crippen LogP contribution in [0.1, 0.15) is 40.0 Å². The minimum absolute atomic E-state index is 0.0334. The molecule has 0 aromatic heterocycles. The maximum Gasteiger partial charge on any atom is 0.320 e. The Morgan fingerprint density at radius 3 is 2.55 bits per heavy atom. The molecule has 0 radical (unpaired) electrons. The van der Waals surface area contributed by atoms with E-state index in [1.54, 1.807) is 23.6 Å². The molecule has 6 heteroatoms. The number of urea groups is 1. The summed E-state index contributed by atoms with van der Waals surface area (Å²) < 4.78 is 0. The van der Waals surface area contributed by atoms with Crippen LogP contribution >= 0.6 is 0 Å². The second-order valence-electron chi connectivity index (χ2n) is 6.16. The number of hydrogen-bond acceptors (Lipinski definition) is 3. The topological polar surface area (TPSA) is 81.1 Å². The van der Waals surface area contributed by atoms with Gasteiger partial charge in [0, 0.05) is 26.1 Å². The highest BCUT2D eigenvalue weighted by atomic mass is 16.4. The number of likely N-dealkylation sites (tertiary alicyclic amines) is 1. The minimum atomic E-state index is -0.929. The van der Waals surface area contributed by atoms with Gasteiger partial charge in [0.25, 0.3) is 0 Å². The largest absolute Gasteiger partial charge is 0.481 e. The summed E-state index contributed by atoms with van der Waals surface area (Å²) in [6, 6.07) is -0.107. The van der Waals surface area contributed by atoms with Gasteiger partial charge in [0.2, 0.25) is 0 Å². The van der Waals surface area contributed by atoms with E-state index in [2.05, 4.69) is 0 Å². The van der Waals surface area contributed by atoms with Crippen molar-refractivity contribution in [2.24, 2.45) is 5.92 Å². The van der Waals surface area contributed by atoms with Gasteiger partial charge in [0.1, 0.15) is 0 Å². The SMILES string of the molecule is CCN(CC(C)(C)O)C(=O)N1CCCC(CC(=O)O)C1. The van der Waals surface area contributed by atoms with Crippen LogP contribution in [0.15, 0.2) is 0 Å². The van der Waals surface area contributed by atoms with Crippen LogP contribution in [-0.4, -0.2) is 63.8 Å². The second-order valence-corrected chi connectivity index (χ2v) is 6.16. The highest BCUT2D eigenvalue weighted by molar-refractivity contribution is 5.75. The van der Waals surface area contributed by atoms with Crippen LogP contribution in [0.3, 0.4) is 0 Å². The molecule has 0 spiro atoms. The lowest BCUT2D eigenvalue weighted by molar-refractivity contribution is -0.138. The number of aliphatic carboxylic acids is 1. The number of carboxylic acids is 1. The van der Waals surface area contributed by atoms with Crippen molar-refractivity contribution >= 4 is 12.0 Å². The number of likely N-dealkylation sites (N-methyl/N-ethyl adjacent to an activating group) is 1. The molecule has 1 aliphatic heterocycles. The fourth-order valence-corrected chi connectivity index (χ4v) is 2.63. The van der Waals surface area contributed by atoms with Gasteiger partial charge in [0.15, 0.2) is 0 Å². The van der Waals surface area contributed by atoms with Gasteiger partial charge in [-0.25, -0.2) is 4.79 Å². The van der Waals surface area contributed by atoms with Gasteiger partial charge >= 0.3 is 12.0 Å². The highest BCUT2D eigenvalue weighted by Crippen LogP contribution is 2.21. The fourth-order valence-electron chi connectivity index (χ4n) is 2.63. The number of carbonyl (C=O) groups excluding carboxylic acids is 1. The lowest BCUT2D eigenvalue weighted by atomic mass is 9.95. The van der Waals surface area contributed by atoms with E-state index in [1.807, 2.05) is 6.92 Å². The molecule has 2 N–H and O–H groups in total. The zero-order chi connectivity index (χ0) is 15.3. The number of hydrogen-bond donors (Lipinski definition) is 2. The first-order valence-electron chi connectivity index (χ1n) is 7.21. The molecule has 2 amide bonds. The van der Waals surface area contributed by atoms with Crippen molar-refractivity contribution < 1.29 is 19.8 Å². The Balaban J connectivity index is 2.62. The van der Waals surface area contributed by atoms with Crippen molar-refractivity contribution in [2.45, 2.75) is 45.6 Å². The number of carboxylic acid groups (broad SMARTS) is 1. The van der Waals surface area contributed by atoms with Crippen molar-refractivity contribution in [3.8, 4) is 0 Å². The van der Waals surface area contributed by atoms with Gasteiger partial charge in [0.05, 0.1) is 12.1 Å². The predicted octanol–water partition coefficient (Wildman–Crippen LogP) is 1.39. The summed E-state index contributed by atoms with van der Waals surface area (Å²) in [7, 11) is 0. The highest BCUT2D eigenvalue weighted by Gasteiger charge is 2.29. The number of piperidine rings is 1. The third kappa shape index (κ3) is 5.36. The monoisotopic (exact) mass is 286 g/mol. The van der Waals surface area contributed by atoms with Crippen LogP contribution in [0.4, 0.5) is 4.79 Å². The average molecular weight is 286 g/mol. The molecule has 1 fully saturated rings. The Morgan fingerprint density at radius 2 is 2.05 bits per heavy atom. The average Bonchev–Trinajstić information content (AvgIpc) is 2.33. The van der Waals surface area contributed by atoms with Gasteiger partial charge in [-0.1, -0.05) is 0 Å². The van der Waals surface area contributed by atoms with Crippen LogP contribution in [0.5, 0.6) is 0 Å². The Labute approximate surface area is 120 Å². The van der Waals surface area contributed by atoms with Crippen LogP contribution in [0, 0.1) is 5.92 Å². The first-order valence-corrected chi connectivity index (χ1v) is 7.21. The van der Waals surface area contributed by atoms with E-state index in [0.717, 1.165) is 12.8 Å². The summed E-state index contributed by atoms with van der Waals surface area (Å²) in [4.78, 5) is 26.5. The molecular weight excluding hydrogens is 260 g/mol. The Hall–Kier alpha value is -1.30. The van der Waals surface area contributed by atoms with E-state index in [0.29, 0.717) is 19.6 Å². The molecule has 6 nitrogen and oxygen atoms in total. The van der Waals surface area contributed by atoms with Gasteiger partial charge in [-0.3, -0.25) is 4.79 Å². The van der Waals surface area contributed by atoms with Gasteiger partial charge in [-0.2, -0.15) is 0 Å². The standard InChI is InChI=1S/C14H26N2O4/c1-4-15(10-14(2,3)20)13(19)16-7-5-6-11(9-16)8-12(17)18/h11,20H,4-10H2,1-3H3,(H,17,18). The van der Waals surface area contributed by atoms with E-state index >= 15 is 0 Å². The summed E-state index contributed by atoms with van der Waals surface area (Å²) in [5.41, 5.74) is -0.929. The van der Waals surface area contributed by atoms with Crippen LogP contribution in [0.2, 0.25) is 0 Å². The smallest absolute Gasteiger partial charge is 0.320 e. The van der Waals surface area contributed by atoms with E-state index in [-0.39, 0.29) is 24.9 Å². The molecule has 116 valence electrons. The Morgan fingerprint density at radius 1 is 1.40 bits per heavy atom. The van der Waals surface area contributed by atoms with Crippen LogP contribution in [-0.2, 0) is 4.79 Å². The molecule has 1 aliphatic rings. The number of nitrogens with zero attached hydrogens (tertiary/aromatic N) is 2. The van der Waals surface area contributed by atoms with Gasteiger partial charge in [-0.05, 0) is 39.5 Å². The molecule has 0 aromatic rings. The van der Waals surface area contributed by atoms with Gasteiger partial charge in [-0.15, -0.1) is 0 Å².